The second kappa shape index (κ2) is 7.03. The standard InChI is InChI=1S/C22H21FN4O/c1-13-8-9-16(23)12-20(13)25-21(28)11-10-17-14(2)24-22-18-6-4-5-7-19(18)26-27(22)15(17)3/h4-9,12H,10-11H2,1-3H3,(H,25,28). The van der Waals surface area contributed by atoms with E-state index in [9.17, 15) is 9.18 Å². The summed E-state index contributed by atoms with van der Waals surface area (Å²) in [6.07, 6.45) is 0.822. The van der Waals surface area contributed by atoms with E-state index >= 15 is 0 Å². The lowest BCUT2D eigenvalue weighted by Crippen LogP contribution is -2.15. The van der Waals surface area contributed by atoms with Gasteiger partial charge in [-0.3, -0.25) is 4.79 Å². The van der Waals surface area contributed by atoms with Gasteiger partial charge < -0.3 is 5.32 Å². The van der Waals surface area contributed by atoms with Gasteiger partial charge in [0.1, 0.15) is 5.82 Å². The molecule has 0 bridgehead atoms. The van der Waals surface area contributed by atoms with Crippen LogP contribution in [0, 0.1) is 26.6 Å². The highest BCUT2D eigenvalue weighted by molar-refractivity contribution is 5.93. The molecule has 0 spiro atoms. The molecule has 0 saturated heterocycles. The Labute approximate surface area is 162 Å². The molecular weight excluding hydrogens is 355 g/mol. The van der Waals surface area contributed by atoms with Crippen LogP contribution in [-0.4, -0.2) is 20.5 Å². The van der Waals surface area contributed by atoms with Gasteiger partial charge in [0.15, 0.2) is 5.65 Å². The van der Waals surface area contributed by atoms with E-state index in [-0.39, 0.29) is 18.1 Å². The quantitative estimate of drug-likeness (QED) is 0.570. The molecule has 4 aromatic rings. The Hall–Kier alpha value is -3.28. The maximum atomic E-state index is 13.4. The minimum absolute atomic E-state index is 0.154. The Balaban J connectivity index is 1.58. The molecule has 5 nitrogen and oxygen atoms in total. The average Bonchev–Trinajstić information content (AvgIpc) is 3.03. The molecule has 4 rings (SSSR count). The molecule has 1 N–H and O–H groups in total. The summed E-state index contributed by atoms with van der Waals surface area (Å²) in [5, 5.41) is 8.46. The number of carbonyl (C=O) groups is 1. The van der Waals surface area contributed by atoms with E-state index in [1.165, 1.54) is 12.1 Å². The summed E-state index contributed by atoms with van der Waals surface area (Å²) in [4.78, 5) is 17.1. The number of aryl methyl sites for hydroxylation is 3. The number of fused-ring (bicyclic) bond motifs is 3. The van der Waals surface area contributed by atoms with E-state index in [1.807, 2.05) is 49.6 Å². The SMILES string of the molecule is Cc1ccc(F)cc1NC(=O)CCc1c(C)nc2c3ccccc3nn2c1C. The fraction of sp³-hybridized carbons (Fsp3) is 0.227. The molecule has 2 aromatic heterocycles. The zero-order chi connectivity index (χ0) is 19.8. The predicted octanol–water partition coefficient (Wildman–Crippen LogP) is 4.52. The number of anilines is 1. The normalized spacial score (nSPS) is 11.3. The van der Waals surface area contributed by atoms with Crippen molar-refractivity contribution in [2.75, 3.05) is 5.32 Å². The molecule has 6 heteroatoms. The Morgan fingerprint density at radius 3 is 2.75 bits per heavy atom. The van der Waals surface area contributed by atoms with E-state index in [0.29, 0.717) is 12.1 Å². The first-order chi connectivity index (χ1) is 13.4. The molecule has 142 valence electrons. The van der Waals surface area contributed by atoms with E-state index in [0.717, 1.165) is 39.1 Å². The molecule has 0 unspecified atom stereocenters. The second-order valence-electron chi connectivity index (χ2n) is 7.02. The lowest BCUT2D eigenvalue weighted by molar-refractivity contribution is -0.116. The molecule has 0 saturated carbocycles. The van der Waals surface area contributed by atoms with Crippen LogP contribution in [0.25, 0.3) is 16.6 Å². The molecule has 0 aliphatic carbocycles. The van der Waals surface area contributed by atoms with Gasteiger partial charge in [-0.15, -0.1) is 0 Å². The van der Waals surface area contributed by atoms with Crippen molar-refractivity contribution >= 4 is 28.1 Å². The topological polar surface area (TPSA) is 59.3 Å². The van der Waals surface area contributed by atoms with E-state index in [2.05, 4.69) is 10.4 Å². The number of hydrogen-bond donors (Lipinski definition) is 1. The fourth-order valence-corrected chi connectivity index (χ4v) is 3.52. The van der Waals surface area contributed by atoms with Gasteiger partial charge in [-0.1, -0.05) is 18.2 Å². The minimum Gasteiger partial charge on any atom is -0.326 e. The summed E-state index contributed by atoms with van der Waals surface area (Å²) in [5.74, 6) is -0.522. The van der Waals surface area contributed by atoms with Crippen molar-refractivity contribution in [2.24, 2.45) is 0 Å². The molecular formula is C22H21FN4O. The van der Waals surface area contributed by atoms with Gasteiger partial charge in [0.2, 0.25) is 5.91 Å². The summed E-state index contributed by atoms with van der Waals surface area (Å²) in [7, 11) is 0. The number of aromatic nitrogens is 3. The third-order valence-electron chi connectivity index (χ3n) is 5.09. The monoisotopic (exact) mass is 376 g/mol. The van der Waals surface area contributed by atoms with Gasteiger partial charge in [0, 0.05) is 28.9 Å². The Kier molecular flexibility index (Phi) is 4.55. The van der Waals surface area contributed by atoms with Gasteiger partial charge in [0.05, 0.1) is 5.52 Å². The predicted molar refractivity (Wildman–Crippen MR) is 108 cm³/mol. The highest BCUT2D eigenvalue weighted by Crippen LogP contribution is 2.23. The average molecular weight is 376 g/mol. The molecule has 28 heavy (non-hydrogen) atoms. The number of rotatable bonds is 4. The smallest absolute Gasteiger partial charge is 0.224 e. The first-order valence-electron chi connectivity index (χ1n) is 9.23. The molecule has 0 atom stereocenters. The maximum absolute atomic E-state index is 13.4. The molecule has 2 heterocycles. The molecule has 1 amide bonds. The van der Waals surface area contributed by atoms with E-state index in [1.54, 1.807) is 6.07 Å². The Morgan fingerprint density at radius 2 is 1.93 bits per heavy atom. The van der Waals surface area contributed by atoms with Crippen LogP contribution in [0.2, 0.25) is 0 Å². The largest absolute Gasteiger partial charge is 0.326 e. The summed E-state index contributed by atoms with van der Waals surface area (Å²) in [5.41, 5.74) is 5.94. The van der Waals surface area contributed by atoms with Crippen LogP contribution in [0.4, 0.5) is 10.1 Å². The second-order valence-corrected chi connectivity index (χ2v) is 7.02. The van der Waals surface area contributed by atoms with Crippen LogP contribution in [0.5, 0.6) is 0 Å². The van der Waals surface area contributed by atoms with Crippen LogP contribution < -0.4 is 5.32 Å². The Bertz CT molecular complexity index is 1210. The third-order valence-corrected chi connectivity index (χ3v) is 5.09. The number of nitrogens with one attached hydrogen (secondary N) is 1. The van der Waals surface area contributed by atoms with Gasteiger partial charge in [-0.05, 0) is 62.6 Å². The van der Waals surface area contributed by atoms with Crippen molar-refractivity contribution in [3.63, 3.8) is 0 Å². The van der Waals surface area contributed by atoms with E-state index in [4.69, 9.17) is 4.98 Å². The summed E-state index contributed by atoms with van der Waals surface area (Å²) < 4.78 is 15.3. The van der Waals surface area contributed by atoms with Crippen LogP contribution in [0.1, 0.15) is 28.9 Å². The van der Waals surface area contributed by atoms with Crippen LogP contribution in [0.15, 0.2) is 42.5 Å². The summed E-state index contributed by atoms with van der Waals surface area (Å²) in [6, 6.07) is 12.3. The number of amides is 1. The maximum Gasteiger partial charge on any atom is 0.224 e. The van der Waals surface area contributed by atoms with E-state index < -0.39 is 0 Å². The lowest BCUT2D eigenvalue weighted by atomic mass is 10.1. The highest BCUT2D eigenvalue weighted by Gasteiger charge is 2.15. The van der Waals surface area contributed by atoms with Crippen molar-refractivity contribution < 1.29 is 9.18 Å². The van der Waals surface area contributed by atoms with Gasteiger partial charge in [-0.25, -0.2) is 13.9 Å². The number of nitrogens with zero attached hydrogens (tertiary/aromatic N) is 3. The zero-order valence-corrected chi connectivity index (χ0v) is 16.1. The Morgan fingerprint density at radius 1 is 1.14 bits per heavy atom. The molecule has 0 radical (unpaired) electrons. The van der Waals surface area contributed by atoms with Gasteiger partial charge >= 0.3 is 0 Å². The summed E-state index contributed by atoms with van der Waals surface area (Å²) in [6.45, 7) is 5.79. The molecule has 2 aromatic carbocycles. The molecule has 0 aliphatic heterocycles. The van der Waals surface area contributed by atoms with Crippen molar-refractivity contribution in [3.05, 3.63) is 70.8 Å². The van der Waals surface area contributed by atoms with Crippen LogP contribution in [-0.2, 0) is 11.2 Å². The third kappa shape index (κ3) is 3.22. The summed E-state index contributed by atoms with van der Waals surface area (Å²) >= 11 is 0. The van der Waals surface area contributed by atoms with Gasteiger partial charge in [-0.2, -0.15) is 5.10 Å². The number of carbonyl (C=O) groups excluding carboxylic acids is 1. The van der Waals surface area contributed by atoms with Gasteiger partial charge in [0.25, 0.3) is 0 Å². The molecule has 0 fully saturated rings. The fourth-order valence-electron chi connectivity index (χ4n) is 3.52. The first kappa shape index (κ1) is 18.1. The number of benzene rings is 2. The van der Waals surface area contributed by atoms with Crippen LogP contribution >= 0.6 is 0 Å². The number of hydrogen-bond acceptors (Lipinski definition) is 3. The zero-order valence-electron chi connectivity index (χ0n) is 16.1. The van der Waals surface area contributed by atoms with Crippen molar-refractivity contribution in [1.29, 1.82) is 0 Å². The van der Waals surface area contributed by atoms with Crippen LogP contribution in [0.3, 0.4) is 0 Å². The lowest BCUT2D eigenvalue weighted by Gasteiger charge is -2.12. The highest BCUT2D eigenvalue weighted by atomic mass is 19.1. The minimum atomic E-state index is -0.368. The van der Waals surface area contributed by atoms with Crippen molar-refractivity contribution in [3.8, 4) is 0 Å². The van der Waals surface area contributed by atoms with Crippen molar-refractivity contribution in [1.82, 2.24) is 14.6 Å². The first-order valence-corrected chi connectivity index (χ1v) is 9.23. The van der Waals surface area contributed by atoms with Crippen molar-refractivity contribution in [2.45, 2.75) is 33.6 Å². The number of halogens is 1. The molecule has 0 aliphatic rings.